The number of anilines is 2. The van der Waals surface area contributed by atoms with Crippen molar-refractivity contribution < 1.29 is 23.8 Å². The summed E-state index contributed by atoms with van der Waals surface area (Å²) in [5, 5.41) is 2.84. The summed E-state index contributed by atoms with van der Waals surface area (Å²) in [6, 6.07) is 12.7. The minimum Gasteiger partial charge on any atom is -0.493 e. The lowest BCUT2D eigenvalue weighted by molar-refractivity contribution is -0.122. The van der Waals surface area contributed by atoms with E-state index in [9.17, 15) is 9.59 Å². The number of hydrogen-bond acceptors (Lipinski definition) is 5. The molecular formula is C20H22N2O5. The second-order valence-corrected chi connectivity index (χ2v) is 6.14. The van der Waals surface area contributed by atoms with Crippen molar-refractivity contribution in [3.63, 3.8) is 0 Å². The quantitative estimate of drug-likeness (QED) is 0.846. The van der Waals surface area contributed by atoms with Gasteiger partial charge in [-0.15, -0.1) is 0 Å². The van der Waals surface area contributed by atoms with Crippen molar-refractivity contribution in [3.8, 4) is 17.2 Å². The van der Waals surface area contributed by atoms with Crippen LogP contribution >= 0.6 is 0 Å². The van der Waals surface area contributed by atoms with Crippen LogP contribution in [0.3, 0.4) is 0 Å². The number of methoxy groups -OCH3 is 3. The number of benzene rings is 2. The maximum atomic E-state index is 12.7. The molecule has 1 heterocycles. The fraction of sp³-hybridized carbons (Fsp3) is 0.300. The first-order chi connectivity index (χ1) is 13.1. The predicted molar refractivity (Wildman–Crippen MR) is 102 cm³/mol. The van der Waals surface area contributed by atoms with Crippen LogP contribution in [-0.2, 0) is 9.59 Å². The zero-order valence-corrected chi connectivity index (χ0v) is 15.5. The minimum atomic E-state index is -0.434. The van der Waals surface area contributed by atoms with Gasteiger partial charge in [-0.2, -0.15) is 0 Å². The van der Waals surface area contributed by atoms with Gasteiger partial charge < -0.3 is 24.4 Å². The highest BCUT2D eigenvalue weighted by Gasteiger charge is 2.35. The van der Waals surface area contributed by atoms with Crippen molar-refractivity contribution >= 4 is 23.2 Å². The largest absolute Gasteiger partial charge is 0.493 e. The van der Waals surface area contributed by atoms with E-state index in [1.54, 1.807) is 17.0 Å². The summed E-state index contributed by atoms with van der Waals surface area (Å²) in [6.45, 7) is 0.346. The molecule has 1 aliphatic heterocycles. The minimum absolute atomic E-state index is 0.0637. The van der Waals surface area contributed by atoms with Gasteiger partial charge in [-0.1, -0.05) is 18.2 Å². The molecule has 0 saturated carbocycles. The molecule has 2 aromatic carbocycles. The molecule has 0 aromatic heterocycles. The van der Waals surface area contributed by atoms with E-state index >= 15 is 0 Å². The maximum Gasteiger partial charge on any atom is 0.229 e. The van der Waals surface area contributed by atoms with Crippen molar-refractivity contribution in [2.24, 2.45) is 5.92 Å². The molecule has 1 aliphatic rings. The molecule has 7 heteroatoms. The van der Waals surface area contributed by atoms with Crippen LogP contribution in [0.1, 0.15) is 6.42 Å². The lowest BCUT2D eigenvalue weighted by Crippen LogP contribution is -2.28. The molecule has 1 atom stereocenters. The number of nitrogens with zero attached hydrogens (tertiary/aromatic N) is 1. The fourth-order valence-electron chi connectivity index (χ4n) is 3.14. The highest BCUT2D eigenvalue weighted by Crippen LogP contribution is 2.40. The number of rotatable bonds is 6. The molecular weight excluding hydrogens is 348 g/mol. The van der Waals surface area contributed by atoms with Crippen molar-refractivity contribution in [3.05, 3.63) is 42.5 Å². The lowest BCUT2D eigenvalue weighted by atomic mass is 10.1. The van der Waals surface area contributed by atoms with Gasteiger partial charge in [0, 0.05) is 36.5 Å². The summed E-state index contributed by atoms with van der Waals surface area (Å²) >= 11 is 0. The van der Waals surface area contributed by atoms with Crippen LogP contribution in [0.5, 0.6) is 17.2 Å². The standard InChI is InChI=1S/C20H22N2O5/c1-25-16-10-14(11-17(26-2)19(16)27-3)21-20(24)13-9-18(23)22(12-13)15-7-5-4-6-8-15/h4-8,10-11,13H,9,12H2,1-3H3,(H,21,24)/t13-/m0/s1. The number of carbonyl (C=O) groups excluding carboxylic acids is 2. The van der Waals surface area contributed by atoms with Gasteiger partial charge in [-0.05, 0) is 12.1 Å². The smallest absolute Gasteiger partial charge is 0.229 e. The molecule has 27 heavy (non-hydrogen) atoms. The first kappa shape index (κ1) is 18.6. The molecule has 0 bridgehead atoms. The number of carbonyl (C=O) groups is 2. The number of ether oxygens (including phenoxy) is 3. The number of amides is 2. The summed E-state index contributed by atoms with van der Waals surface area (Å²) in [5.41, 5.74) is 1.31. The Bertz CT molecular complexity index is 813. The van der Waals surface area contributed by atoms with Crippen LogP contribution in [0.4, 0.5) is 11.4 Å². The summed E-state index contributed by atoms with van der Waals surface area (Å²) in [6.07, 6.45) is 0.172. The topological polar surface area (TPSA) is 77.1 Å². The van der Waals surface area contributed by atoms with Gasteiger partial charge in [-0.25, -0.2) is 0 Å². The third-order valence-corrected chi connectivity index (χ3v) is 4.50. The van der Waals surface area contributed by atoms with Crippen molar-refractivity contribution in [1.29, 1.82) is 0 Å². The molecule has 0 aliphatic carbocycles. The molecule has 0 spiro atoms. The van der Waals surface area contributed by atoms with E-state index in [1.807, 2.05) is 30.3 Å². The van der Waals surface area contributed by atoms with Gasteiger partial charge in [0.2, 0.25) is 17.6 Å². The zero-order valence-electron chi connectivity index (χ0n) is 15.5. The molecule has 1 N–H and O–H groups in total. The van der Waals surface area contributed by atoms with E-state index in [4.69, 9.17) is 14.2 Å². The Hall–Kier alpha value is -3.22. The van der Waals surface area contributed by atoms with Crippen LogP contribution in [0, 0.1) is 5.92 Å². The van der Waals surface area contributed by atoms with E-state index in [1.165, 1.54) is 21.3 Å². The van der Waals surface area contributed by atoms with E-state index in [2.05, 4.69) is 5.32 Å². The van der Waals surface area contributed by atoms with Gasteiger partial charge in [0.1, 0.15) is 0 Å². The highest BCUT2D eigenvalue weighted by atomic mass is 16.5. The number of nitrogens with one attached hydrogen (secondary N) is 1. The molecule has 1 saturated heterocycles. The molecule has 0 unspecified atom stereocenters. The van der Waals surface area contributed by atoms with E-state index in [0.29, 0.717) is 29.5 Å². The summed E-state index contributed by atoms with van der Waals surface area (Å²) in [4.78, 5) is 26.6. The van der Waals surface area contributed by atoms with Crippen LogP contribution in [-0.4, -0.2) is 39.7 Å². The summed E-state index contributed by atoms with van der Waals surface area (Å²) in [7, 11) is 4.54. The second kappa shape index (κ2) is 7.99. The average molecular weight is 370 g/mol. The Morgan fingerprint density at radius 2 is 1.67 bits per heavy atom. The van der Waals surface area contributed by atoms with Gasteiger partial charge in [0.05, 0.1) is 27.2 Å². The Balaban J connectivity index is 1.75. The number of para-hydroxylation sites is 1. The van der Waals surface area contributed by atoms with Crippen LogP contribution in [0.2, 0.25) is 0 Å². The monoisotopic (exact) mass is 370 g/mol. The molecule has 0 radical (unpaired) electrons. The lowest BCUT2D eigenvalue weighted by Gasteiger charge is -2.17. The summed E-state index contributed by atoms with van der Waals surface area (Å²) < 4.78 is 15.9. The zero-order chi connectivity index (χ0) is 19.4. The highest BCUT2D eigenvalue weighted by molar-refractivity contribution is 6.03. The Labute approximate surface area is 157 Å². The number of hydrogen-bond donors (Lipinski definition) is 1. The second-order valence-electron chi connectivity index (χ2n) is 6.14. The maximum absolute atomic E-state index is 12.7. The SMILES string of the molecule is COc1cc(NC(=O)[C@H]2CC(=O)N(c3ccccc3)C2)cc(OC)c1OC. The van der Waals surface area contributed by atoms with Crippen molar-refractivity contribution in [2.45, 2.75) is 6.42 Å². The van der Waals surface area contributed by atoms with Gasteiger partial charge >= 0.3 is 0 Å². The Kier molecular flexibility index (Phi) is 5.49. The molecule has 1 fully saturated rings. The third-order valence-electron chi connectivity index (χ3n) is 4.50. The Morgan fingerprint density at radius 3 is 2.22 bits per heavy atom. The van der Waals surface area contributed by atoms with Gasteiger partial charge in [-0.3, -0.25) is 9.59 Å². The molecule has 142 valence electrons. The van der Waals surface area contributed by atoms with Gasteiger partial charge in [0.15, 0.2) is 11.5 Å². The molecule has 2 amide bonds. The molecule has 2 aromatic rings. The molecule has 7 nitrogen and oxygen atoms in total. The van der Waals surface area contributed by atoms with E-state index in [-0.39, 0.29) is 18.2 Å². The Morgan fingerprint density at radius 1 is 1.04 bits per heavy atom. The van der Waals surface area contributed by atoms with Gasteiger partial charge in [0.25, 0.3) is 0 Å². The van der Waals surface area contributed by atoms with Crippen molar-refractivity contribution in [1.82, 2.24) is 0 Å². The first-order valence-electron chi connectivity index (χ1n) is 8.53. The fourth-order valence-corrected chi connectivity index (χ4v) is 3.14. The van der Waals surface area contributed by atoms with E-state index < -0.39 is 5.92 Å². The predicted octanol–water partition coefficient (Wildman–Crippen LogP) is 2.70. The van der Waals surface area contributed by atoms with Crippen LogP contribution < -0.4 is 24.4 Å². The first-order valence-corrected chi connectivity index (χ1v) is 8.53. The van der Waals surface area contributed by atoms with Crippen LogP contribution in [0.15, 0.2) is 42.5 Å². The normalized spacial score (nSPS) is 16.2. The average Bonchev–Trinajstić information content (AvgIpc) is 3.09. The van der Waals surface area contributed by atoms with E-state index in [0.717, 1.165) is 5.69 Å². The summed E-state index contributed by atoms with van der Waals surface area (Å²) in [5.74, 6) is 0.615. The van der Waals surface area contributed by atoms with Crippen LogP contribution in [0.25, 0.3) is 0 Å². The molecule has 3 rings (SSSR count). The third kappa shape index (κ3) is 3.81. The van der Waals surface area contributed by atoms with Crippen molar-refractivity contribution in [2.75, 3.05) is 38.1 Å².